The molecule has 0 aromatic rings. The van der Waals surface area contributed by atoms with Crippen LogP contribution in [0.2, 0.25) is 0 Å². The van der Waals surface area contributed by atoms with E-state index in [0.717, 1.165) is 0 Å². The summed E-state index contributed by atoms with van der Waals surface area (Å²) in [6, 6.07) is 0. The molecule has 0 aromatic heterocycles. The average molecular weight is 152 g/mol. The Bertz CT molecular complexity index is 53.7. The molecule has 0 aliphatic rings. The van der Waals surface area contributed by atoms with Crippen molar-refractivity contribution in [3.05, 3.63) is 0 Å². The predicted molar refractivity (Wildman–Crippen MR) is 37.6 cm³/mol. The fourth-order valence-electron chi connectivity index (χ4n) is 0.620. The van der Waals surface area contributed by atoms with E-state index in [2.05, 4.69) is 0 Å². The van der Waals surface area contributed by atoms with Crippen LogP contribution in [0.1, 0.15) is 12.8 Å². The maximum Gasteiger partial charge on any atom is 0.0481 e. The second-order valence-electron chi connectivity index (χ2n) is 2.10. The van der Waals surface area contributed by atoms with Crippen molar-refractivity contribution in [2.75, 3.05) is 19.8 Å². The molecule has 0 aromatic carbocycles. The normalized spacial score (nSPS) is 9.60. The number of hydrogen-bond acceptors (Lipinski definition) is 3. The van der Waals surface area contributed by atoms with Crippen LogP contribution in [0.3, 0.4) is 0 Å². The molecule has 5 N–H and O–H groups in total. The summed E-state index contributed by atoms with van der Waals surface area (Å²) in [5, 5.41) is 25.4. The summed E-state index contributed by atoms with van der Waals surface area (Å²) in [4.78, 5) is 0. The summed E-state index contributed by atoms with van der Waals surface area (Å²) in [5.74, 6) is -0.0443. The standard InChI is InChI=1S/C6H14O3.H2O/c7-3-1-2-6(4-8)5-9;/h6-9H,1-5H2;1H2. The summed E-state index contributed by atoms with van der Waals surface area (Å²) in [5.41, 5.74) is 0. The highest BCUT2D eigenvalue weighted by Crippen LogP contribution is 2.02. The zero-order valence-electron chi connectivity index (χ0n) is 5.95. The van der Waals surface area contributed by atoms with Gasteiger partial charge in [-0.25, -0.2) is 0 Å². The molecule has 0 fully saturated rings. The van der Waals surface area contributed by atoms with Crippen LogP contribution in [0.25, 0.3) is 0 Å². The average Bonchev–Trinajstić information content (AvgIpc) is 1.91. The molecular weight excluding hydrogens is 136 g/mol. The molecule has 10 heavy (non-hydrogen) atoms. The maximum absolute atomic E-state index is 8.51. The molecule has 0 aliphatic carbocycles. The van der Waals surface area contributed by atoms with Crippen LogP contribution < -0.4 is 0 Å². The van der Waals surface area contributed by atoms with E-state index < -0.39 is 0 Å². The molecule has 0 unspecified atom stereocenters. The van der Waals surface area contributed by atoms with Crippen molar-refractivity contribution >= 4 is 0 Å². The monoisotopic (exact) mass is 152 g/mol. The van der Waals surface area contributed by atoms with Gasteiger partial charge in [0.2, 0.25) is 0 Å². The summed E-state index contributed by atoms with van der Waals surface area (Å²) in [6.45, 7) is 0.156. The Morgan fingerprint density at radius 3 is 1.80 bits per heavy atom. The van der Waals surface area contributed by atoms with Gasteiger partial charge in [-0.15, -0.1) is 0 Å². The smallest absolute Gasteiger partial charge is 0.0481 e. The quantitative estimate of drug-likeness (QED) is 0.449. The Balaban J connectivity index is 0. The minimum Gasteiger partial charge on any atom is -0.412 e. The SMILES string of the molecule is O.OCCCC(CO)CO. The van der Waals surface area contributed by atoms with Crippen LogP contribution in [0.15, 0.2) is 0 Å². The topological polar surface area (TPSA) is 92.2 Å². The summed E-state index contributed by atoms with van der Waals surface area (Å²) in [7, 11) is 0. The number of hydrogen-bond donors (Lipinski definition) is 3. The van der Waals surface area contributed by atoms with Crippen LogP contribution in [-0.4, -0.2) is 40.6 Å². The van der Waals surface area contributed by atoms with Gasteiger partial charge in [-0.3, -0.25) is 0 Å². The minimum absolute atomic E-state index is 0. The van der Waals surface area contributed by atoms with Gasteiger partial charge in [0, 0.05) is 25.7 Å². The predicted octanol–water partition coefficient (Wildman–Crippen LogP) is -1.47. The third-order valence-corrected chi connectivity index (χ3v) is 1.29. The zero-order valence-corrected chi connectivity index (χ0v) is 5.95. The first-order valence-electron chi connectivity index (χ1n) is 3.17. The van der Waals surface area contributed by atoms with Gasteiger partial charge >= 0.3 is 0 Å². The van der Waals surface area contributed by atoms with Gasteiger partial charge in [-0.05, 0) is 12.8 Å². The lowest BCUT2D eigenvalue weighted by Gasteiger charge is -2.07. The molecule has 4 nitrogen and oxygen atoms in total. The minimum atomic E-state index is -0.0443. The molecule has 0 radical (unpaired) electrons. The Kier molecular flexibility index (Phi) is 11.1. The lowest BCUT2D eigenvalue weighted by atomic mass is 10.1. The molecule has 0 aliphatic heterocycles. The fraction of sp³-hybridized carbons (Fsp3) is 1.00. The van der Waals surface area contributed by atoms with Gasteiger partial charge < -0.3 is 20.8 Å². The van der Waals surface area contributed by atoms with Gasteiger partial charge in [0.05, 0.1) is 0 Å². The first kappa shape index (κ1) is 12.5. The van der Waals surface area contributed by atoms with Crippen molar-refractivity contribution in [1.29, 1.82) is 0 Å². The highest BCUT2D eigenvalue weighted by molar-refractivity contribution is 4.53. The molecule has 0 saturated carbocycles. The lowest BCUT2D eigenvalue weighted by molar-refractivity contribution is 0.136. The third kappa shape index (κ3) is 5.97. The van der Waals surface area contributed by atoms with Gasteiger partial charge in [-0.1, -0.05) is 0 Å². The molecule has 0 saturated heterocycles. The Labute approximate surface area is 60.4 Å². The van der Waals surface area contributed by atoms with E-state index >= 15 is 0 Å². The van der Waals surface area contributed by atoms with E-state index in [9.17, 15) is 0 Å². The van der Waals surface area contributed by atoms with Crippen molar-refractivity contribution in [3.63, 3.8) is 0 Å². The second kappa shape index (κ2) is 8.84. The van der Waals surface area contributed by atoms with Crippen LogP contribution in [0, 0.1) is 5.92 Å². The van der Waals surface area contributed by atoms with E-state index in [1.54, 1.807) is 0 Å². The summed E-state index contributed by atoms with van der Waals surface area (Å²) in [6.07, 6.45) is 1.36. The molecule has 0 atom stereocenters. The van der Waals surface area contributed by atoms with Gasteiger partial charge in [-0.2, -0.15) is 0 Å². The molecule has 4 heteroatoms. The van der Waals surface area contributed by atoms with Crippen molar-refractivity contribution < 1.29 is 20.8 Å². The van der Waals surface area contributed by atoms with Gasteiger partial charge in [0.25, 0.3) is 0 Å². The Morgan fingerprint density at radius 1 is 1.00 bits per heavy atom. The van der Waals surface area contributed by atoms with Crippen molar-refractivity contribution in [2.24, 2.45) is 5.92 Å². The van der Waals surface area contributed by atoms with Crippen molar-refractivity contribution in [2.45, 2.75) is 12.8 Å². The first-order valence-corrected chi connectivity index (χ1v) is 3.17. The highest BCUT2D eigenvalue weighted by Gasteiger charge is 2.03. The molecule has 0 amide bonds. The Hall–Kier alpha value is -0.160. The van der Waals surface area contributed by atoms with Gasteiger partial charge in [0.1, 0.15) is 0 Å². The lowest BCUT2D eigenvalue weighted by Crippen LogP contribution is -2.11. The Morgan fingerprint density at radius 2 is 1.50 bits per heavy atom. The number of aliphatic hydroxyl groups is 3. The summed E-state index contributed by atoms with van der Waals surface area (Å²) < 4.78 is 0. The molecule has 0 spiro atoms. The van der Waals surface area contributed by atoms with E-state index in [4.69, 9.17) is 15.3 Å². The van der Waals surface area contributed by atoms with Crippen LogP contribution in [0.5, 0.6) is 0 Å². The van der Waals surface area contributed by atoms with Crippen LogP contribution in [-0.2, 0) is 0 Å². The fourth-order valence-corrected chi connectivity index (χ4v) is 0.620. The second-order valence-corrected chi connectivity index (χ2v) is 2.10. The first-order chi connectivity index (χ1) is 4.35. The largest absolute Gasteiger partial charge is 0.412 e. The van der Waals surface area contributed by atoms with Crippen molar-refractivity contribution in [1.82, 2.24) is 0 Å². The molecular formula is C6H16O4. The van der Waals surface area contributed by atoms with E-state index in [-0.39, 0.29) is 31.2 Å². The number of rotatable bonds is 5. The third-order valence-electron chi connectivity index (χ3n) is 1.29. The molecule has 64 valence electrons. The maximum atomic E-state index is 8.51. The zero-order chi connectivity index (χ0) is 7.11. The summed E-state index contributed by atoms with van der Waals surface area (Å²) >= 11 is 0. The van der Waals surface area contributed by atoms with E-state index in [1.165, 1.54) is 0 Å². The molecule has 0 heterocycles. The van der Waals surface area contributed by atoms with Crippen LogP contribution >= 0.6 is 0 Å². The highest BCUT2D eigenvalue weighted by atomic mass is 16.3. The van der Waals surface area contributed by atoms with Crippen molar-refractivity contribution in [3.8, 4) is 0 Å². The van der Waals surface area contributed by atoms with E-state index in [1.807, 2.05) is 0 Å². The van der Waals surface area contributed by atoms with Gasteiger partial charge in [0.15, 0.2) is 0 Å². The molecule has 0 rings (SSSR count). The number of aliphatic hydroxyl groups excluding tert-OH is 3. The van der Waals surface area contributed by atoms with Crippen LogP contribution in [0.4, 0.5) is 0 Å². The van der Waals surface area contributed by atoms with E-state index in [0.29, 0.717) is 12.8 Å². The molecule has 0 bridgehead atoms.